The Hall–Kier alpha value is -0.0400. The second-order valence-corrected chi connectivity index (χ2v) is 3.46. The van der Waals surface area contributed by atoms with Crippen LogP contribution in [0.2, 0.25) is 0 Å². The van der Waals surface area contributed by atoms with E-state index < -0.39 is 0 Å². The van der Waals surface area contributed by atoms with Crippen molar-refractivity contribution in [2.45, 2.75) is 39.2 Å². The molecule has 3 atom stereocenters. The zero-order chi connectivity index (χ0) is 6.85. The Morgan fingerprint density at radius 2 is 1.89 bits per heavy atom. The molecule has 2 unspecified atom stereocenters. The first-order valence-electron chi connectivity index (χ1n) is 3.88. The SMILES string of the molecule is CC1CC[C@@H](O)C(C)C1. The van der Waals surface area contributed by atoms with Crippen LogP contribution in [0.4, 0.5) is 0 Å². The van der Waals surface area contributed by atoms with E-state index in [-0.39, 0.29) is 6.10 Å². The molecule has 1 aliphatic rings. The number of aliphatic hydroxyl groups is 1. The van der Waals surface area contributed by atoms with Crippen molar-refractivity contribution in [1.29, 1.82) is 0 Å². The quantitative estimate of drug-likeness (QED) is 0.527. The van der Waals surface area contributed by atoms with E-state index in [1.54, 1.807) is 0 Å². The van der Waals surface area contributed by atoms with Crippen molar-refractivity contribution >= 4 is 0 Å². The van der Waals surface area contributed by atoms with Gasteiger partial charge in [-0.3, -0.25) is 0 Å². The van der Waals surface area contributed by atoms with Crippen LogP contribution in [0, 0.1) is 11.8 Å². The van der Waals surface area contributed by atoms with Crippen LogP contribution in [-0.2, 0) is 0 Å². The minimum absolute atomic E-state index is 0.0128. The van der Waals surface area contributed by atoms with Gasteiger partial charge in [0.1, 0.15) is 0 Å². The predicted molar refractivity (Wildman–Crippen MR) is 38.2 cm³/mol. The van der Waals surface area contributed by atoms with Crippen LogP contribution in [0.1, 0.15) is 33.1 Å². The maximum absolute atomic E-state index is 9.30. The summed E-state index contributed by atoms with van der Waals surface area (Å²) in [6, 6.07) is 0. The van der Waals surface area contributed by atoms with Gasteiger partial charge in [-0.05, 0) is 31.1 Å². The Bertz CT molecular complexity index is 90.6. The van der Waals surface area contributed by atoms with Crippen molar-refractivity contribution < 1.29 is 5.11 Å². The van der Waals surface area contributed by atoms with Crippen molar-refractivity contribution in [2.75, 3.05) is 0 Å². The van der Waals surface area contributed by atoms with E-state index >= 15 is 0 Å². The van der Waals surface area contributed by atoms with Gasteiger partial charge in [0.05, 0.1) is 6.10 Å². The van der Waals surface area contributed by atoms with Gasteiger partial charge in [0.15, 0.2) is 0 Å². The summed E-state index contributed by atoms with van der Waals surface area (Å²) in [5, 5.41) is 9.30. The van der Waals surface area contributed by atoms with Crippen LogP contribution in [-0.4, -0.2) is 11.2 Å². The molecule has 1 saturated carbocycles. The van der Waals surface area contributed by atoms with Gasteiger partial charge in [-0.15, -0.1) is 0 Å². The van der Waals surface area contributed by atoms with Gasteiger partial charge in [0.25, 0.3) is 0 Å². The third-order valence-electron chi connectivity index (χ3n) is 2.39. The van der Waals surface area contributed by atoms with Crippen molar-refractivity contribution in [1.82, 2.24) is 0 Å². The van der Waals surface area contributed by atoms with E-state index in [0.29, 0.717) is 5.92 Å². The minimum atomic E-state index is -0.0128. The minimum Gasteiger partial charge on any atom is -0.393 e. The molecule has 0 radical (unpaired) electrons. The maximum atomic E-state index is 9.30. The molecule has 0 bridgehead atoms. The smallest absolute Gasteiger partial charge is 0.0566 e. The average molecular weight is 128 g/mol. The van der Waals surface area contributed by atoms with E-state index in [0.717, 1.165) is 12.3 Å². The number of hydrogen-bond donors (Lipinski definition) is 1. The summed E-state index contributed by atoms with van der Waals surface area (Å²) >= 11 is 0. The van der Waals surface area contributed by atoms with Gasteiger partial charge < -0.3 is 5.11 Å². The zero-order valence-electron chi connectivity index (χ0n) is 6.30. The average Bonchev–Trinajstić information content (AvgIpc) is 1.80. The molecule has 1 fully saturated rings. The summed E-state index contributed by atoms with van der Waals surface area (Å²) < 4.78 is 0. The Kier molecular flexibility index (Phi) is 2.12. The second-order valence-electron chi connectivity index (χ2n) is 3.46. The Balaban J connectivity index is 2.35. The highest BCUT2D eigenvalue weighted by Gasteiger charge is 2.22. The van der Waals surface area contributed by atoms with Gasteiger partial charge in [-0.2, -0.15) is 0 Å². The molecule has 54 valence electrons. The summed E-state index contributed by atoms with van der Waals surface area (Å²) in [5.74, 6) is 1.37. The molecule has 0 saturated heterocycles. The molecule has 1 rings (SSSR count). The second kappa shape index (κ2) is 2.70. The van der Waals surface area contributed by atoms with E-state index in [2.05, 4.69) is 13.8 Å². The van der Waals surface area contributed by atoms with Crippen LogP contribution in [0.25, 0.3) is 0 Å². The molecule has 0 aromatic rings. The van der Waals surface area contributed by atoms with Gasteiger partial charge in [0, 0.05) is 0 Å². The summed E-state index contributed by atoms with van der Waals surface area (Å²) in [4.78, 5) is 0. The first-order valence-corrected chi connectivity index (χ1v) is 3.88. The molecule has 0 heterocycles. The molecule has 0 amide bonds. The van der Waals surface area contributed by atoms with E-state index in [4.69, 9.17) is 0 Å². The molecule has 0 aromatic heterocycles. The number of hydrogen-bond acceptors (Lipinski definition) is 1. The third-order valence-corrected chi connectivity index (χ3v) is 2.39. The van der Waals surface area contributed by atoms with Crippen molar-refractivity contribution in [3.8, 4) is 0 Å². The normalized spacial score (nSPS) is 45.0. The van der Waals surface area contributed by atoms with Gasteiger partial charge >= 0.3 is 0 Å². The summed E-state index contributed by atoms with van der Waals surface area (Å²) in [5.41, 5.74) is 0. The Morgan fingerprint density at radius 3 is 2.33 bits per heavy atom. The van der Waals surface area contributed by atoms with Crippen molar-refractivity contribution in [3.63, 3.8) is 0 Å². The molecular weight excluding hydrogens is 112 g/mol. The first kappa shape index (κ1) is 7.07. The van der Waals surface area contributed by atoms with Gasteiger partial charge in [0.2, 0.25) is 0 Å². The van der Waals surface area contributed by atoms with Crippen LogP contribution in [0.15, 0.2) is 0 Å². The molecule has 9 heavy (non-hydrogen) atoms. The highest BCUT2D eigenvalue weighted by Crippen LogP contribution is 2.28. The fraction of sp³-hybridized carbons (Fsp3) is 1.00. The summed E-state index contributed by atoms with van der Waals surface area (Å²) in [6.45, 7) is 4.41. The lowest BCUT2D eigenvalue weighted by molar-refractivity contribution is 0.0611. The van der Waals surface area contributed by atoms with E-state index in [1.165, 1.54) is 12.8 Å². The standard InChI is InChI=1S/C8H16O/c1-6-3-4-8(9)7(2)5-6/h6-9H,3-5H2,1-2H3/t6?,7?,8-/m1/s1. The summed E-state index contributed by atoms with van der Waals surface area (Å²) in [6.07, 6.45) is 3.43. The fourth-order valence-electron chi connectivity index (χ4n) is 1.65. The molecule has 1 aliphatic carbocycles. The van der Waals surface area contributed by atoms with Crippen molar-refractivity contribution in [3.05, 3.63) is 0 Å². The summed E-state index contributed by atoms with van der Waals surface area (Å²) in [7, 11) is 0. The van der Waals surface area contributed by atoms with Crippen LogP contribution in [0.5, 0.6) is 0 Å². The molecule has 1 nitrogen and oxygen atoms in total. The number of rotatable bonds is 0. The lowest BCUT2D eigenvalue weighted by Gasteiger charge is -2.28. The lowest BCUT2D eigenvalue weighted by Crippen LogP contribution is -2.25. The van der Waals surface area contributed by atoms with E-state index in [1.807, 2.05) is 0 Å². The first-order chi connectivity index (χ1) is 4.20. The van der Waals surface area contributed by atoms with E-state index in [9.17, 15) is 5.11 Å². The van der Waals surface area contributed by atoms with Crippen LogP contribution < -0.4 is 0 Å². The highest BCUT2D eigenvalue weighted by molar-refractivity contribution is 4.74. The fourth-order valence-corrected chi connectivity index (χ4v) is 1.65. The molecule has 0 spiro atoms. The van der Waals surface area contributed by atoms with Crippen LogP contribution in [0.3, 0.4) is 0 Å². The predicted octanol–water partition coefficient (Wildman–Crippen LogP) is 1.80. The third kappa shape index (κ3) is 1.68. The van der Waals surface area contributed by atoms with Gasteiger partial charge in [-0.25, -0.2) is 0 Å². The monoisotopic (exact) mass is 128 g/mol. The molecular formula is C8H16O. The molecule has 1 heteroatoms. The lowest BCUT2D eigenvalue weighted by atomic mass is 9.81. The van der Waals surface area contributed by atoms with Crippen molar-refractivity contribution in [2.24, 2.45) is 11.8 Å². The highest BCUT2D eigenvalue weighted by atomic mass is 16.3. The largest absolute Gasteiger partial charge is 0.393 e. The molecule has 0 aliphatic heterocycles. The molecule has 1 N–H and O–H groups in total. The Labute approximate surface area is 57.1 Å². The maximum Gasteiger partial charge on any atom is 0.0566 e. The number of aliphatic hydroxyl groups excluding tert-OH is 1. The zero-order valence-corrected chi connectivity index (χ0v) is 6.30. The van der Waals surface area contributed by atoms with Gasteiger partial charge in [-0.1, -0.05) is 13.8 Å². The Morgan fingerprint density at radius 1 is 1.22 bits per heavy atom. The topological polar surface area (TPSA) is 20.2 Å². The molecule has 0 aromatic carbocycles. The van der Waals surface area contributed by atoms with Crippen LogP contribution >= 0.6 is 0 Å².